The third-order valence-corrected chi connectivity index (χ3v) is 7.05. The molecule has 2 aliphatic carbocycles. The lowest BCUT2D eigenvalue weighted by molar-refractivity contribution is 0.219. The van der Waals surface area contributed by atoms with Crippen LogP contribution in [0.1, 0.15) is 110 Å². The van der Waals surface area contributed by atoms with E-state index in [-0.39, 0.29) is 0 Å². The van der Waals surface area contributed by atoms with E-state index in [0.29, 0.717) is 5.92 Å². The predicted molar refractivity (Wildman–Crippen MR) is 108 cm³/mol. The number of nitrogens with zero attached hydrogens (tertiary/aromatic N) is 1. The van der Waals surface area contributed by atoms with Gasteiger partial charge in [-0.05, 0) is 55.4 Å². The zero-order valence-corrected chi connectivity index (χ0v) is 17.0. The van der Waals surface area contributed by atoms with E-state index in [0.717, 1.165) is 30.6 Å². The van der Waals surface area contributed by atoms with Crippen LogP contribution in [-0.2, 0) is 0 Å². The minimum Gasteiger partial charge on any atom is -0.195 e. The maximum Gasteiger partial charge on any atom is 0.196 e. The molecule has 0 aromatic rings. The van der Waals surface area contributed by atoms with Gasteiger partial charge in [0, 0.05) is 0 Å². The van der Waals surface area contributed by atoms with Crippen molar-refractivity contribution in [1.29, 1.82) is 5.26 Å². The summed E-state index contributed by atoms with van der Waals surface area (Å²) in [5, 5.41) is 8.55. The second kappa shape index (κ2) is 12.5. The van der Waals surface area contributed by atoms with Crippen molar-refractivity contribution in [2.45, 2.75) is 110 Å². The van der Waals surface area contributed by atoms with Gasteiger partial charge in [0.15, 0.2) is 5.83 Å². The highest BCUT2D eigenvalue weighted by Gasteiger charge is 2.24. The molecule has 0 aromatic carbocycles. The van der Waals surface area contributed by atoms with Gasteiger partial charge in [-0.3, -0.25) is 0 Å². The summed E-state index contributed by atoms with van der Waals surface area (Å²) in [6.45, 7) is 2.29. The molecule has 26 heavy (non-hydrogen) atoms. The molecule has 2 aliphatic rings. The molecule has 0 unspecified atom stereocenters. The molecule has 0 bridgehead atoms. The van der Waals surface area contributed by atoms with Crippen LogP contribution in [-0.4, -0.2) is 0 Å². The third-order valence-electron chi connectivity index (χ3n) is 7.05. The van der Waals surface area contributed by atoms with Crippen molar-refractivity contribution in [2.24, 2.45) is 23.7 Å². The van der Waals surface area contributed by atoms with Gasteiger partial charge in [-0.1, -0.05) is 84.0 Å². The molecular weight excluding hydrogens is 321 g/mol. The Kier molecular flexibility index (Phi) is 10.3. The Morgan fingerprint density at radius 1 is 0.808 bits per heavy atom. The SMILES string of the molecule is CCCCCCC[C@H]1CC[C@H](CC[C@H]2CC[C@H](C=C(F)C#N)CC2)CC1. The topological polar surface area (TPSA) is 23.8 Å². The fourth-order valence-corrected chi connectivity index (χ4v) is 5.20. The monoisotopic (exact) mass is 361 g/mol. The molecule has 0 heterocycles. The van der Waals surface area contributed by atoms with Crippen molar-refractivity contribution < 1.29 is 4.39 Å². The van der Waals surface area contributed by atoms with Crippen LogP contribution >= 0.6 is 0 Å². The number of hydrogen-bond donors (Lipinski definition) is 0. The molecule has 0 N–H and O–H groups in total. The maximum absolute atomic E-state index is 13.1. The quantitative estimate of drug-likeness (QED) is 0.285. The molecule has 0 amide bonds. The fourth-order valence-electron chi connectivity index (χ4n) is 5.20. The van der Waals surface area contributed by atoms with Gasteiger partial charge in [-0.2, -0.15) is 9.65 Å². The van der Waals surface area contributed by atoms with Crippen molar-refractivity contribution in [3.8, 4) is 6.07 Å². The van der Waals surface area contributed by atoms with Gasteiger partial charge in [-0.15, -0.1) is 0 Å². The molecule has 0 aliphatic heterocycles. The van der Waals surface area contributed by atoms with Gasteiger partial charge in [0.05, 0.1) is 0 Å². The van der Waals surface area contributed by atoms with Crippen LogP contribution in [0.5, 0.6) is 0 Å². The zero-order valence-electron chi connectivity index (χ0n) is 17.0. The smallest absolute Gasteiger partial charge is 0.195 e. The Morgan fingerprint density at radius 2 is 1.31 bits per heavy atom. The average Bonchev–Trinajstić information content (AvgIpc) is 2.68. The standard InChI is InChI=1S/C24H40FN/c1-2-3-4-5-6-7-20-8-10-21(11-9-20)12-13-22-14-16-23(17-15-22)18-24(25)19-26/h18,20-23H,2-17H2,1H3/t20-,21-,22-,23-. The molecule has 0 spiro atoms. The highest BCUT2D eigenvalue weighted by atomic mass is 19.1. The number of hydrogen-bond acceptors (Lipinski definition) is 1. The van der Waals surface area contributed by atoms with Crippen LogP contribution in [0.3, 0.4) is 0 Å². The molecular formula is C24H40FN. The number of unbranched alkanes of at least 4 members (excludes halogenated alkanes) is 4. The van der Waals surface area contributed by atoms with E-state index >= 15 is 0 Å². The first kappa shape index (κ1) is 21.5. The van der Waals surface area contributed by atoms with E-state index in [4.69, 9.17) is 5.26 Å². The van der Waals surface area contributed by atoms with E-state index < -0.39 is 5.83 Å². The predicted octanol–water partition coefficient (Wildman–Crippen LogP) is 8.12. The van der Waals surface area contributed by atoms with Crippen molar-refractivity contribution in [3.63, 3.8) is 0 Å². The van der Waals surface area contributed by atoms with Crippen LogP contribution in [0.25, 0.3) is 0 Å². The summed E-state index contributed by atoms with van der Waals surface area (Å²) in [4.78, 5) is 0. The van der Waals surface area contributed by atoms with E-state index in [1.807, 2.05) is 0 Å². The fraction of sp³-hybridized carbons (Fsp3) is 0.875. The normalized spacial score (nSPS) is 30.1. The third kappa shape index (κ3) is 8.24. The Hall–Kier alpha value is -0.840. The molecule has 0 radical (unpaired) electrons. The minimum absolute atomic E-state index is 0.304. The lowest BCUT2D eigenvalue weighted by Gasteiger charge is -2.31. The highest BCUT2D eigenvalue weighted by Crippen LogP contribution is 2.38. The van der Waals surface area contributed by atoms with Crippen LogP contribution in [0.4, 0.5) is 4.39 Å². The van der Waals surface area contributed by atoms with Gasteiger partial charge < -0.3 is 0 Å². The number of nitriles is 1. The largest absolute Gasteiger partial charge is 0.196 e. The first-order chi connectivity index (χ1) is 12.7. The Morgan fingerprint density at radius 3 is 1.85 bits per heavy atom. The first-order valence-electron chi connectivity index (χ1n) is 11.5. The molecule has 148 valence electrons. The van der Waals surface area contributed by atoms with Crippen molar-refractivity contribution >= 4 is 0 Å². The van der Waals surface area contributed by atoms with Gasteiger partial charge in [0.25, 0.3) is 0 Å². The van der Waals surface area contributed by atoms with Gasteiger partial charge in [-0.25, -0.2) is 0 Å². The van der Waals surface area contributed by atoms with E-state index in [1.165, 1.54) is 89.9 Å². The summed E-state index contributed by atoms with van der Waals surface area (Å²) >= 11 is 0. The van der Waals surface area contributed by atoms with Gasteiger partial charge >= 0.3 is 0 Å². The highest BCUT2D eigenvalue weighted by molar-refractivity contribution is 5.13. The Balaban J connectivity index is 1.52. The number of allylic oxidation sites excluding steroid dienone is 2. The Bertz CT molecular complexity index is 434. The van der Waals surface area contributed by atoms with Crippen LogP contribution in [0.15, 0.2) is 11.9 Å². The summed E-state index contributed by atoms with van der Waals surface area (Å²) in [7, 11) is 0. The van der Waals surface area contributed by atoms with Crippen molar-refractivity contribution in [1.82, 2.24) is 0 Å². The summed E-state index contributed by atoms with van der Waals surface area (Å²) in [5.74, 6) is 2.56. The molecule has 2 rings (SSSR count). The first-order valence-corrected chi connectivity index (χ1v) is 11.5. The summed E-state index contributed by atoms with van der Waals surface area (Å²) in [6, 6.07) is 1.61. The lowest BCUT2D eigenvalue weighted by atomic mass is 9.75. The van der Waals surface area contributed by atoms with Crippen LogP contribution in [0.2, 0.25) is 0 Å². The molecule has 0 aromatic heterocycles. The zero-order chi connectivity index (χ0) is 18.6. The van der Waals surface area contributed by atoms with Crippen LogP contribution < -0.4 is 0 Å². The van der Waals surface area contributed by atoms with E-state index in [2.05, 4.69) is 6.92 Å². The van der Waals surface area contributed by atoms with Gasteiger partial charge in [0.1, 0.15) is 6.07 Å². The molecule has 2 heteroatoms. The molecule has 1 nitrogen and oxygen atoms in total. The summed E-state index contributed by atoms with van der Waals surface area (Å²) in [5.41, 5.74) is 0. The lowest BCUT2D eigenvalue weighted by Crippen LogP contribution is -2.18. The average molecular weight is 362 g/mol. The van der Waals surface area contributed by atoms with Crippen molar-refractivity contribution in [3.05, 3.63) is 11.9 Å². The molecule has 0 atom stereocenters. The Labute approximate surface area is 161 Å². The summed E-state index contributed by atoms with van der Waals surface area (Å²) < 4.78 is 13.1. The summed E-state index contributed by atoms with van der Waals surface area (Å²) in [6.07, 6.45) is 23.4. The molecule has 2 fully saturated rings. The van der Waals surface area contributed by atoms with Crippen molar-refractivity contribution in [2.75, 3.05) is 0 Å². The number of rotatable bonds is 10. The molecule has 2 saturated carbocycles. The van der Waals surface area contributed by atoms with E-state index in [1.54, 1.807) is 12.1 Å². The minimum atomic E-state index is -0.587. The second-order valence-electron chi connectivity index (χ2n) is 9.07. The van der Waals surface area contributed by atoms with Gasteiger partial charge in [0.2, 0.25) is 0 Å². The maximum atomic E-state index is 13.1. The second-order valence-corrected chi connectivity index (χ2v) is 9.07. The molecule has 0 saturated heterocycles. The van der Waals surface area contributed by atoms with Crippen LogP contribution in [0, 0.1) is 35.0 Å². The van der Waals surface area contributed by atoms with E-state index in [9.17, 15) is 4.39 Å². The number of halogens is 1.